The molecule has 0 aliphatic carbocycles. The van der Waals surface area contributed by atoms with E-state index in [0.29, 0.717) is 17.0 Å². The van der Waals surface area contributed by atoms with Crippen molar-refractivity contribution in [3.05, 3.63) is 53.8 Å². The maximum atomic E-state index is 12.4. The number of aromatic amines is 1. The zero-order chi connectivity index (χ0) is 17.3. The molecule has 3 rings (SSSR count). The first kappa shape index (κ1) is 16.0. The number of rotatable bonds is 5. The maximum Gasteiger partial charge on any atom is 0.263 e. The molecule has 0 aliphatic heterocycles. The van der Waals surface area contributed by atoms with Gasteiger partial charge < -0.3 is 4.42 Å². The molecule has 0 amide bonds. The lowest BCUT2D eigenvalue weighted by Crippen LogP contribution is -2.13. The molecule has 1 aromatic carbocycles. The minimum atomic E-state index is -3.85. The van der Waals surface area contributed by atoms with Crippen LogP contribution in [0.3, 0.4) is 0 Å². The summed E-state index contributed by atoms with van der Waals surface area (Å²) in [4.78, 5) is 11.4. The summed E-state index contributed by atoms with van der Waals surface area (Å²) in [6, 6.07) is 10.9. The van der Waals surface area contributed by atoms with Gasteiger partial charge in [0, 0.05) is 11.6 Å². The fraction of sp³-hybridized carbons (Fsp3) is 0.125. The van der Waals surface area contributed by atoms with Gasteiger partial charge in [-0.3, -0.25) is 14.6 Å². The second-order valence-electron chi connectivity index (χ2n) is 5.27. The van der Waals surface area contributed by atoms with Crippen molar-refractivity contribution in [2.24, 2.45) is 0 Å². The topological polar surface area (TPSA) is 105 Å². The van der Waals surface area contributed by atoms with Gasteiger partial charge in [0.2, 0.25) is 0 Å². The Balaban J connectivity index is 1.86. The standard InChI is InChI=1S/C16H15N3O4S/c1-10-6-7-15(23-10)14-9-16(18-17-14)19-24(21,22)13-5-3-4-12(8-13)11(2)20/h3-9H,1-2H3,(H2,17,18,19). The normalized spacial score (nSPS) is 11.4. The third kappa shape index (κ3) is 3.23. The molecule has 0 radical (unpaired) electrons. The molecular formula is C16H15N3O4S. The monoisotopic (exact) mass is 345 g/mol. The van der Waals surface area contributed by atoms with Crippen LogP contribution in [0.1, 0.15) is 23.0 Å². The van der Waals surface area contributed by atoms with Crippen molar-refractivity contribution in [1.82, 2.24) is 10.2 Å². The second-order valence-corrected chi connectivity index (χ2v) is 6.95. The molecule has 24 heavy (non-hydrogen) atoms. The summed E-state index contributed by atoms with van der Waals surface area (Å²) in [6.45, 7) is 3.19. The highest BCUT2D eigenvalue weighted by atomic mass is 32.2. The molecule has 0 aliphatic rings. The van der Waals surface area contributed by atoms with Gasteiger partial charge in [0.1, 0.15) is 11.5 Å². The summed E-state index contributed by atoms with van der Waals surface area (Å²) in [5.74, 6) is 1.22. The van der Waals surface area contributed by atoms with Gasteiger partial charge >= 0.3 is 0 Å². The van der Waals surface area contributed by atoms with Gasteiger partial charge in [-0.05, 0) is 38.1 Å². The van der Waals surface area contributed by atoms with E-state index in [-0.39, 0.29) is 16.5 Å². The summed E-state index contributed by atoms with van der Waals surface area (Å²) >= 11 is 0. The van der Waals surface area contributed by atoms with E-state index in [0.717, 1.165) is 5.76 Å². The molecule has 0 saturated heterocycles. The Morgan fingerprint density at radius 1 is 1.21 bits per heavy atom. The van der Waals surface area contributed by atoms with Crippen molar-refractivity contribution in [2.75, 3.05) is 4.72 Å². The quantitative estimate of drug-likeness (QED) is 0.692. The van der Waals surface area contributed by atoms with E-state index in [1.165, 1.54) is 31.2 Å². The molecule has 0 fully saturated rings. The minimum absolute atomic E-state index is 0.00593. The smallest absolute Gasteiger partial charge is 0.263 e. The Labute approximate surface area is 138 Å². The van der Waals surface area contributed by atoms with E-state index in [4.69, 9.17) is 4.42 Å². The predicted molar refractivity (Wildman–Crippen MR) is 88.3 cm³/mol. The molecule has 0 bridgehead atoms. The zero-order valence-electron chi connectivity index (χ0n) is 13.0. The summed E-state index contributed by atoms with van der Waals surface area (Å²) in [7, 11) is -3.85. The molecule has 2 aromatic heterocycles. The summed E-state index contributed by atoms with van der Waals surface area (Å²) in [6.07, 6.45) is 0. The number of sulfonamides is 1. The number of benzene rings is 1. The molecule has 0 spiro atoms. The van der Waals surface area contributed by atoms with Gasteiger partial charge in [-0.2, -0.15) is 5.10 Å². The number of aromatic nitrogens is 2. The van der Waals surface area contributed by atoms with E-state index in [1.54, 1.807) is 18.2 Å². The van der Waals surface area contributed by atoms with Crippen LogP contribution < -0.4 is 4.72 Å². The summed E-state index contributed by atoms with van der Waals surface area (Å²) < 4.78 is 32.7. The van der Waals surface area contributed by atoms with Gasteiger partial charge in [0.25, 0.3) is 10.0 Å². The van der Waals surface area contributed by atoms with Crippen LogP contribution >= 0.6 is 0 Å². The van der Waals surface area contributed by atoms with Gasteiger partial charge in [-0.1, -0.05) is 12.1 Å². The fourth-order valence-corrected chi connectivity index (χ4v) is 3.20. The number of H-pyrrole nitrogens is 1. The number of carbonyl (C=O) groups excluding carboxylic acids is 1. The number of furan rings is 1. The molecule has 0 saturated carbocycles. The molecule has 7 nitrogen and oxygen atoms in total. The number of nitrogens with one attached hydrogen (secondary N) is 2. The van der Waals surface area contributed by atoms with E-state index in [9.17, 15) is 13.2 Å². The van der Waals surface area contributed by atoms with Gasteiger partial charge in [0.05, 0.1) is 4.90 Å². The lowest BCUT2D eigenvalue weighted by molar-refractivity contribution is 0.101. The average Bonchev–Trinajstić information content (AvgIpc) is 3.16. The van der Waals surface area contributed by atoms with E-state index >= 15 is 0 Å². The molecule has 2 heterocycles. The van der Waals surface area contributed by atoms with Crippen molar-refractivity contribution < 1.29 is 17.6 Å². The highest BCUT2D eigenvalue weighted by Gasteiger charge is 2.18. The third-order valence-corrected chi connectivity index (χ3v) is 4.73. The van der Waals surface area contributed by atoms with Gasteiger partial charge in [-0.15, -0.1) is 0 Å². The Hall–Kier alpha value is -2.87. The largest absolute Gasteiger partial charge is 0.460 e. The van der Waals surface area contributed by atoms with Crippen molar-refractivity contribution >= 4 is 21.6 Å². The SMILES string of the molecule is CC(=O)c1cccc(S(=O)(=O)Nc2cc(-c3ccc(C)o3)[nH]n2)c1. The van der Waals surface area contributed by atoms with Crippen LogP contribution in [0.25, 0.3) is 11.5 Å². The molecule has 0 atom stereocenters. The number of hydrogen-bond donors (Lipinski definition) is 2. The Bertz CT molecular complexity index is 1000. The van der Waals surface area contributed by atoms with E-state index in [1.807, 2.05) is 6.92 Å². The van der Waals surface area contributed by atoms with Crippen LogP contribution in [-0.2, 0) is 10.0 Å². The van der Waals surface area contributed by atoms with E-state index in [2.05, 4.69) is 14.9 Å². The summed E-state index contributed by atoms with van der Waals surface area (Å²) in [5.41, 5.74) is 0.880. The Morgan fingerprint density at radius 3 is 2.67 bits per heavy atom. The zero-order valence-corrected chi connectivity index (χ0v) is 13.8. The van der Waals surface area contributed by atoms with E-state index < -0.39 is 10.0 Å². The molecule has 0 unspecified atom stereocenters. The predicted octanol–water partition coefficient (Wildman–Crippen LogP) is 2.98. The van der Waals surface area contributed by atoms with Crippen LogP contribution in [-0.4, -0.2) is 24.4 Å². The fourth-order valence-electron chi connectivity index (χ4n) is 2.16. The van der Waals surface area contributed by atoms with Crippen LogP contribution in [0.5, 0.6) is 0 Å². The Kier molecular flexibility index (Phi) is 3.98. The number of Topliss-reactive ketones (excluding diaryl/α,β-unsaturated/α-hetero) is 1. The van der Waals surface area contributed by atoms with Crippen molar-refractivity contribution in [3.8, 4) is 11.5 Å². The number of hydrogen-bond acceptors (Lipinski definition) is 5. The first-order valence-corrected chi connectivity index (χ1v) is 8.59. The first-order chi connectivity index (χ1) is 11.3. The van der Waals surface area contributed by atoms with Gasteiger partial charge in [0.15, 0.2) is 17.4 Å². The number of anilines is 1. The first-order valence-electron chi connectivity index (χ1n) is 7.11. The van der Waals surface area contributed by atoms with Crippen molar-refractivity contribution in [2.45, 2.75) is 18.7 Å². The van der Waals surface area contributed by atoms with Crippen molar-refractivity contribution in [3.63, 3.8) is 0 Å². The number of carbonyl (C=O) groups is 1. The Morgan fingerprint density at radius 2 is 2.00 bits per heavy atom. The molecule has 8 heteroatoms. The van der Waals surface area contributed by atoms with Gasteiger partial charge in [-0.25, -0.2) is 8.42 Å². The summed E-state index contributed by atoms with van der Waals surface area (Å²) in [5, 5.41) is 6.64. The molecule has 2 N–H and O–H groups in total. The average molecular weight is 345 g/mol. The van der Waals surface area contributed by atoms with Crippen molar-refractivity contribution in [1.29, 1.82) is 0 Å². The lowest BCUT2D eigenvalue weighted by atomic mass is 10.2. The van der Waals surface area contributed by atoms with Crippen LogP contribution in [0, 0.1) is 6.92 Å². The molecular weight excluding hydrogens is 330 g/mol. The third-order valence-electron chi connectivity index (χ3n) is 3.37. The second kappa shape index (κ2) is 5.97. The molecule has 124 valence electrons. The number of aryl methyl sites for hydroxylation is 1. The highest BCUT2D eigenvalue weighted by Crippen LogP contribution is 2.23. The maximum absolute atomic E-state index is 12.4. The van der Waals surface area contributed by atoms with Crippen LogP contribution in [0.2, 0.25) is 0 Å². The lowest BCUT2D eigenvalue weighted by Gasteiger charge is -2.06. The van der Waals surface area contributed by atoms with Crippen LogP contribution in [0.15, 0.2) is 51.8 Å². The highest BCUT2D eigenvalue weighted by molar-refractivity contribution is 7.92. The number of ketones is 1. The number of nitrogens with zero attached hydrogens (tertiary/aromatic N) is 1. The minimum Gasteiger partial charge on any atom is -0.460 e. The van der Waals surface area contributed by atoms with Crippen LogP contribution in [0.4, 0.5) is 5.82 Å². The molecule has 3 aromatic rings.